The number of rotatable bonds is 8. The van der Waals surface area contributed by atoms with Gasteiger partial charge in [0.15, 0.2) is 0 Å². The van der Waals surface area contributed by atoms with Crippen molar-refractivity contribution in [2.75, 3.05) is 37.1 Å². The second-order valence-corrected chi connectivity index (χ2v) is 9.56. The van der Waals surface area contributed by atoms with Crippen LogP contribution in [-0.4, -0.2) is 41.8 Å². The molecule has 1 N–H and O–H groups in total. The normalized spacial score (nSPS) is 11.0. The predicted molar refractivity (Wildman–Crippen MR) is 128 cm³/mol. The summed E-state index contributed by atoms with van der Waals surface area (Å²) < 4.78 is 37.5. The summed E-state index contributed by atoms with van der Waals surface area (Å²) in [5, 5.41) is 2.79. The molecule has 0 heterocycles. The van der Waals surface area contributed by atoms with Gasteiger partial charge < -0.3 is 14.8 Å². The van der Waals surface area contributed by atoms with E-state index in [9.17, 15) is 13.2 Å². The summed E-state index contributed by atoms with van der Waals surface area (Å²) in [5.74, 6) is 0.712. The fourth-order valence-corrected chi connectivity index (χ4v) is 4.58. The Morgan fingerprint density at radius 2 is 1.59 bits per heavy atom. The van der Waals surface area contributed by atoms with Crippen LogP contribution >= 0.6 is 11.8 Å². The minimum Gasteiger partial charge on any atom is -0.497 e. The van der Waals surface area contributed by atoms with Crippen molar-refractivity contribution in [2.45, 2.75) is 9.79 Å². The SMILES string of the molecule is COc1ccc(OC)c(NC(=O)c2ccc(N(C)S(=O)(=O)c3ccc(SC)cc3)cc2)c1. The van der Waals surface area contributed by atoms with E-state index in [0.717, 1.165) is 4.90 Å². The van der Waals surface area contributed by atoms with Gasteiger partial charge in [-0.3, -0.25) is 9.10 Å². The number of anilines is 2. The Morgan fingerprint density at radius 3 is 2.16 bits per heavy atom. The van der Waals surface area contributed by atoms with Crippen LogP contribution in [0.2, 0.25) is 0 Å². The van der Waals surface area contributed by atoms with Gasteiger partial charge in [-0.2, -0.15) is 0 Å². The van der Waals surface area contributed by atoms with Gasteiger partial charge in [-0.1, -0.05) is 0 Å². The number of methoxy groups -OCH3 is 2. The molecule has 0 unspecified atom stereocenters. The highest BCUT2D eigenvalue weighted by Crippen LogP contribution is 2.30. The summed E-state index contributed by atoms with van der Waals surface area (Å²) in [6, 6.07) is 18.1. The molecule has 0 radical (unpaired) electrons. The van der Waals surface area contributed by atoms with Gasteiger partial charge in [-0.05, 0) is 66.9 Å². The number of thioether (sulfide) groups is 1. The molecule has 0 aliphatic carbocycles. The summed E-state index contributed by atoms with van der Waals surface area (Å²) in [6.45, 7) is 0. The summed E-state index contributed by atoms with van der Waals surface area (Å²) in [7, 11) is 0.804. The number of ether oxygens (including phenoxy) is 2. The highest BCUT2D eigenvalue weighted by atomic mass is 32.2. The average molecular weight is 473 g/mol. The first-order valence-electron chi connectivity index (χ1n) is 9.56. The van der Waals surface area contributed by atoms with Crippen molar-refractivity contribution in [3.05, 3.63) is 72.3 Å². The van der Waals surface area contributed by atoms with Crippen molar-refractivity contribution in [3.8, 4) is 11.5 Å². The molecule has 0 spiro atoms. The topological polar surface area (TPSA) is 84.9 Å². The van der Waals surface area contributed by atoms with Gasteiger partial charge in [-0.25, -0.2) is 8.42 Å². The molecule has 0 bridgehead atoms. The van der Waals surface area contributed by atoms with Crippen molar-refractivity contribution in [3.63, 3.8) is 0 Å². The molecule has 0 saturated heterocycles. The fourth-order valence-electron chi connectivity index (χ4n) is 2.97. The first kappa shape index (κ1) is 23.5. The smallest absolute Gasteiger partial charge is 0.264 e. The summed E-state index contributed by atoms with van der Waals surface area (Å²) >= 11 is 1.54. The van der Waals surface area contributed by atoms with Gasteiger partial charge in [-0.15, -0.1) is 11.8 Å². The second kappa shape index (κ2) is 9.97. The number of benzene rings is 3. The molecule has 0 fully saturated rings. The second-order valence-electron chi connectivity index (χ2n) is 6.72. The predicted octanol–water partition coefficient (Wildman–Crippen LogP) is 4.50. The average Bonchev–Trinajstić information content (AvgIpc) is 2.83. The van der Waals surface area contributed by atoms with Gasteiger partial charge in [0, 0.05) is 23.6 Å². The molecule has 0 aromatic heterocycles. The maximum atomic E-state index is 12.9. The molecular weight excluding hydrogens is 448 g/mol. The van der Waals surface area contributed by atoms with E-state index < -0.39 is 10.0 Å². The number of amides is 1. The van der Waals surface area contributed by atoms with E-state index in [1.165, 1.54) is 25.6 Å². The minimum absolute atomic E-state index is 0.199. The summed E-state index contributed by atoms with van der Waals surface area (Å²) in [6.07, 6.45) is 1.93. The Kier molecular flexibility index (Phi) is 7.32. The van der Waals surface area contributed by atoms with Gasteiger partial charge in [0.05, 0.1) is 30.5 Å². The number of nitrogens with one attached hydrogen (secondary N) is 1. The first-order valence-corrected chi connectivity index (χ1v) is 12.2. The van der Waals surface area contributed by atoms with Gasteiger partial charge in [0.25, 0.3) is 15.9 Å². The standard InChI is InChI=1S/C23H24N2O5S2/c1-25(32(27,28)20-12-10-19(31-4)11-13-20)17-7-5-16(6-8-17)23(26)24-21-15-18(29-2)9-14-22(21)30-3/h5-15H,1-4H3,(H,24,26). The van der Waals surface area contributed by atoms with Crippen molar-refractivity contribution in [1.29, 1.82) is 0 Å². The molecule has 7 nitrogen and oxygen atoms in total. The lowest BCUT2D eigenvalue weighted by Gasteiger charge is -2.20. The molecule has 9 heteroatoms. The van der Waals surface area contributed by atoms with Gasteiger partial charge >= 0.3 is 0 Å². The highest BCUT2D eigenvalue weighted by molar-refractivity contribution is 7.98. The quantitative estimate of drug-likeness (QED) is 0.486. The molecule has 0 aliphatic heterocycles. The van der Waals surface area contributed by atoms with Gasteiger partial charge in [0.1, 0.15) is 11.5 Å². The lowest BCUT2D eigenvalue weighted by molar-refractivity contribution is 0.102. The number of hydrogen-bond acceptors (Lipinski definition) is 6. The van der Waals surface area contributed by atoms with E-state index in [1.54, 1.807) is 78.5 Å². The third-order valence-corrected chi connectivity index (χ3v) is 7.41. The van der Waals surface area contributed by atoms with Crippen LogP contribution in [0.15, 0.2) is 76.5 Å². The van der Waals surface area contributed by atoms with Crippen LogP contribution in [0.5, 0.6) is 11.5 Å². The van der Waals surface area contributed by atoms with E-state index >= 15 is 0 Å². The van der Waals surface area contributed by atoms with Crippen LogP contribution < -0.4 is 19.1 Å². The molecule has 32 heavy (non-hydrogen) atoms. The zero-order valence-electron chi connectivity index (χ0n) is 18.2. The van der Waals surface area contributed by atoms with Crippen LogP contribution in [0.3, 0.4) is 0 Å². The maximum absolute atomic E-state index is 12.9. The number of nitrogens with zero attached hydrogens (tertiary/aromatic N) is 1. The van der Waals surface area contributed by atoms with Crippen LogP contribution in [-0.2, 0) is 10.0 Å². The third kappa shape index (κ3) is 5.00. The van der Waals surface area contributed by atoms with Crippen molar-refractivity contribution in [1.82, 2.24) is 0 Å². The highest BCUT2D eigenvalue weighted by Gasteiger charge is 2.21. The van der Waals surface area contributed by atoms with E-state index in [1.807, 2.05) is 6.26 Å². The molecule has 1 amide bonds. The molecule has 3 rings (SSSR count). The van der Waals surface area contributed by atoms with Crippen LogP contribution in [0, 0.1) is 0 Å². The molecule has 0 atom stereocenters. The van der Waals surface area contributed by atoms with E-state index in [4.69, 9.17) is 9.47 Å². The largest absolute Gasteiger partial charge is 0.497 e. The summed E-state index contributed by atoms with van der Waals surface area (Å²) in [5.41, 5.74) is 1.28. The van der Waals surface area contributed by atoms with Crippen molar-refractivity contribution < 1.29 is 22.7 Å². The number of carbonyl (C=O) groups is 1. The lowest BCUT2D eigenvalue weighted by Crippen LogP contribution is -2.26. The number of sulfonamides is 1. The molecule has 3 aromatic rings. The van der Waals surface area contributed by atoms with Crippen LogP contribution in [0.25, 0.3) is 0 Å². The Hall–Kier alpha value is -3.17. The minimum atomic E-state index is -3.72. The Labute approximate surface area is 192 Å². The summed E-state index contributed by atoms with van der Waals surface area (Å²) in [4.78, 5) is 13.9. The zero-order chi connectivity index (χ0) is 23.3. The maximum Gasteiger partial charge on any atom is 0.264 e. The third-order valence-electron chi connectivity index (χ3n) is 4.87. The van der Waals surface area contributed by atoms with E-state index in [-0.39, 0.29) is 10.8 Å². The Balaban J connectivity index is 1.79. The Morgan fingerprint density at radius 1 is 0.938 bits per heavy atom. The Bertz CT molecular complexity index is 1190. The first-order chi connectivity index (χ1) is 15.3. The van der Waals surface area contributed by atoms with Crippen molar-refractivity contribution >= 4 is 39.1 Å². The molecular formula is C23H24N2O5S2. The van der Waals surface area contributed by atoms with Crippen LogP contribution in [0.4, 0.5) is 11.4 Å². The van der Waals surface area contributed by atoms with E-state index in [2.05, 4.69) is 5.32 Å². The van der Waals surface area contributed by atoms with Gasteiger partial charge in [0.2, 0.25) is 0 Å². The van der Waals surface area contributed by atoms with Crippen LogP contribution in [0.1, 0.15) is 10.4 Å². The number of hydrogen-bond donors (Lipinski definition) is 1. The molecule has 0 saturated carbocycles. The van der Waals surface area contributed by atoms with E-state index in [0.29, 0.717) is 28.4 Å². The molecule has 168 valence electrons. The monoisotopic (exact) mass is 472 g/mol. The molecule has 0 aliphatic rings. The molecule has 3 aromatic carbocycles. The lowest BCUT2D eigenvalue weighted by atomic mass is 10.2. The number of carbonyl (C=O) groups excluding carboxylic acids is 1. The zero-order valence-corrected chi connectivity index (χ0v) is 19.8. The van der Waals surface area contributed by atoms with Crippen molar-refractivity contribution in [2.24, 2.45) is 0 Å². The fraction of sp³-hybridized carbons (Fsp3) is 0.174.